The van der Waals surface area contributed by atoms with Crippen LogP contribution in [0.2, 0.25) is 0 Å². The molecule has 0 amide bonds. The molecule has 0 unspecified atom stereocenters. The summed E-state index contributed by atoms with van der Waals surface area (Å²) in [5.41, 5.74) is 8.03. The van der Waals surface area contributed by atoms with Crippen LogP contribution < -0.4 is 5.73 Å². The first kappa shape index (κ1) is 11.3. The molecule has 2 N–H and O–H groups in total. The van der Waals surface area contributed by atoms with E-state index in [4.69, 9.17) is 5.73 Å². The second-order valence-electron chi connectivity index (χ2n) is 3.93. The molecule has 86 valence electrons. The molecule has 4 nitrogen and oxygen atoms in total. The number of hydrogen-bond donors (Lipinski definition) is 1. The van der Waals surface area contributed by atoms with Gasteiger partial charge < -0.3 is 10.3 Å². The highest BCUT2D eigenvalue weighted by Gasteiger charge is 2.07. The van der Waals surface area contributed by atoms with E-state index in [-0.39, 0.29) is 6.04 Å². The molecule has 0 aliphatic rings. The van der Waals surface area contributed by atoms with Crippen molar-refractivity contribution in [3.63, 3.8) is 0 Å². The van der Waals surface area contributed by atoms with Crippen molar-refractivity contribution in [3.8, 4) is 0 Å². The number of aryl methyl sites for hydroxylation is 3. The Morgan fingerprint density at radius 2 is 2.38 bits per heavy atom. The average molecular weight is 236 g/mol. The summed E-state index contributed by atoms with van der Waals surface area (Å²) in [5.74, 6) is 0. The molecule has 2 aromatic rings. The van der Waals surface area contributed by atoms with Gasteiger partial charge in [-0.3, -0.25) is 0 Å². The summed E-state index contributed by atoms with van der Waals surface area (Å²) < 4.78 is 2.10. The van der Waals surface area contributed by atoms with Gasteiger partial charge in [-0.05, 0) is 13.8 Å². The van der Waals surface area contributed by atoms with Gasteiger partial charge in [-0.25, -0.2) is 9.97 Å². The van der Waals surface area contributed by atoms with Crippen molar-refractivity contribution in [2.24, 2.45) is 5.73 Å². The molecule has 0 aliphatic heterocycles. The molecular formula is C11H16N4S. The van der Waals surface area contributed by atoms with Gasteiger partial charge >= 0.3 is 0 Å². The zero-order valence-electron chi connectivity index (χ0n) is 9.55. The van der Waals surface area contributed by atoms with E-state index >= 15 is 0 Å². The number of thiazole rings is 1. The third-order valence-corrected chi connectivity index (χ3v) is 3.47. The Kier molecular flexibility index (Phi) is 3.36. The molecule has 0 fully saturated rings. The highest BCUT2D eigenvalue weighted by Crippen LogP contribution is 2.13. The van der Waals surface area contributed by atoms with E-state index in [1.165, 1.54) is 5.01 Å². The highest BCUT2D eigenvalue weighted by molar-refractivity contribution is 7.09. The Morgan fingerprint density at radius 1 is 1.56 bits per heavy atom. The fraction of sp³-hybridized carbons (Fsp3) is 0.455. The van der Waals surface area contributed by atoms with E-state index in [0.29, 0.717) is 0 Å². The van der Waals surface area contributed by atoms with Crippen LogP contribution in [0, 0.1) is 6.92 Å². The molecule has 2 rings (SSSR count). The fourth-order valence-corrected chi connectivity index (χ4v) is 2.40. The Balaban J connectivity index is 2.02. The topological polar surface area (TPSA) is 56.7 Å². The van der Waals surface area contributed by atoms with Gasteiger partial charge in [0.15, 0.2) is 0 Å². The Labute approximate surface area is 99.2 Å². The Hall–Kier alpha value is -1.20. The lowest BCUT2D eigenvalue weighted by atomic mass is 10.2. The van der Waals surface area contributed by atoms with Gasteiger partial charge in [0.2, 0.25) is 0 Å². The predicted molar refractivity (Wildman–Crippen MR) is 65.4 cm³/mol. The maximum absolute atomic E-state index is 5.86. The molecule has 0 radical (unpaired) electrons. The van der Waals surface area contributed by atoms with Crippen molar-refractivity contribution in [1.29, 1.82) is 0 Å². The van der Waals surface area contributed by atoms with Crippen LogP contribution in [0.25, 0.3) is 0 Å². The SMILES string of the molecule is Cc1csc(CCn2cncc2[C@@H](C)N)n1. The van der Waals surface area contributed by atoms with Crippen molar-refractivity contribution in [1.82, 2.24) is 14.5 Å². The number of rotatable bonds is 4. The van der Waals surface area contributed by atoms with Crippen molar-refractivity contribution in [2.75, 3.05) is 0 Å². The summed E-state index contributed by atoms with van der Waals surface area (Å²) in [5, 5.41) is 3.25. The lowest BCUT2D eigenvalue weighted by Crippen LogP contribution is -2.12. The van der Waals surface area contributed by atoms with E-state index in [2.05, 4.69) is 19.9 Å². The van der Waals surface area contributed by atoms with Crippen molar-refractivity contribution < 1.29 is 0 Å². The van der Waals surface area contributed by atoms with E-state index in [1.54, 1.807) is 11.3 Å². The van der Waals surface area contributed by atoms with Crippen LogP contribution >= 0.6 is 11.3 Å². The lowest BCUT2D eigenvalue weighted by Gasteiger charge is -2.09. The van der Waals surface area contributed by atoms with Crippen LogP contribution in [0.3, 0.4) is 0 Å². The zero-order chi connectivity index (χ0) is 11.5. The van der Waals surface area contributed by atoms with Crippen LogP contribution in [-0.4, -0.2) is 14.5 Å². The zero-order valence-corrected chi connectivity index (χ0v) is 10.4. The first-order chi connectivity index (χ1) is 7.66. The molecule has 0 spiro atoms. The lowest BCUT2D eigenvalue weighted by molar-refractivity contribution is 0.622. The predicted octanol–water partition coefficient (Wildman–Crippen LogP) is 1.91. The molecular weight excluding hydrogens is 220 g/mol. The Morgan fingerprint density at radius 3 is 3.00 bits per heavy atom. The number of hydrogen-bond acceptors (Lipinski definition) is 4. The molecule has 2 heterocycles. The van der Waals surface area contributed by atoms with E-state index in [9.17, 15) is 0 Å². The van der Waals surface area contributed by atoms with Crippen LogP contribution in [-0.2, 0) is 13.0 Å². The maximum Gasteiger partial charge on any atom is 0.0948 e. The second kappa shape index (κ2) is 4.76. The standard InChI is InChI=1S/C11H16N4S/c1-8-6-16-11(14-8)3-4-15-7-13-5-10(15)9(2)12/h5-7,9H,3-4,12H2,1-2H3/t9-/m1/s1. The summed E-state index contributed by atoms with van der Waals surface area (Å²) >= 11 is 1.71. The maximum atomic E-state index is 5.86. The summed E-state index contributed by atoms with van der Waals surface area (Å²) in [6.45, 7) is 4.88. The Bertz CT molecular complexity index is 458. The molecule has 16 heavy (non-hydrogen) atoms. The van der Waals surface area contributed by atoms with Gasteiger partial charge in [-0.15, -0.1) is 11.3 Å². The minimum absolute atomic E-state index is 0.0283. The van der Waals surface area contributed by atoms with Crippen molar-refractivity contribution in [3.05, 3.63) is 34.3 Å². The third kappa shape index (κ3) is 2.48. The molecule has 0 saturated heterocycles. The summed E-state index contributed by atoms with van der Waals surface area (Å²) in [6, 6.07) is 0.0283. The summed E-state index contributed by atoms with van der Waals surface area (Å²) in [4.78, 5) is 8.56. The van der Waals surface area contributed by atoms with Gasteiger partial charge in [-0.1, -0.05) is 0 Å². The molecule has 1 atom stereocenters. The molecule has 0 saturated carbocycles. The van der Waals surface area contributed by atoms with Crippen molar-refractivity contribution >= 4 is 11.3 Å². The monoisotopic (exact) mass is 236 g/mol. The van der Waals surface area contributed by atoms with E-state index in [1.807, 2.05) is 26.4 Å². The first-order valence-corrected chi connectivity index (χ1v) is 6.21. The van der Waals surface area contributed by atoms with E-state index < -0.39 is 0 Å². The minimum atomic E-state index is 0.0283. The van der Waals surface area contributed by atoms with Crippen molar-refractivity contribution in [2.45, 2.75) is 32.9 Å². The van der Waals surface area contributed by atoms with Crippen LogP contribution in [0.15, 0.2) is 17.9 Å². The van der Waals surface area contributed by atoms with Gasteiger partial charge in [0, 0.05) is 36.3 Å². The number of nitrogens with zero attached hydrogens (tertiary/aromatic N) is 3. The van der Waals surface area contributed by atoms with Crippen LogP contribution in [0.4, 0.5) is 0 Å². The van der Waals surface area contributed by atoms with Gasteiger partial charge in [-0.2, -0.15) is 0 Å². The van der Waals surface area contributed by atoms with Crippen LogP contribution in [0.1, 0.15) is 29.4 Å². The molecule has 0 bridgehead atoms. The average Bonchev–Trinajstić information content (AvgIpc) is 2.83. The smallest absolute Gasteiger partial charge is 0.0948 e. The number of nitrogens with two attached hydrogens (primary N) is 1. The van der Waals surface area contributed by atoms with Gasteiger partial charge in [0.05, 0.1) is 17.0 Å². The number of imidazole rings is 1. The van der Waals surface area contributed by atoms with Crippen LogP contribution in [0.5, 0.6) is 0 Å². The molecule has 0 aromatic carbocycles. The highest BCUT2D eigenvalue weighted by atomic mass is 32.1. The first-order valence-electron chi connectivity index (χ1n) is 5.33. The van der Waals surface area contributed by atoms with Gasteiger partial charge in [0.25, 0.3) is 0 Å². The summed E-state index contributed by atoms with van der Waals surface area (Å²) in [6.07, 6.45) is 4.60. The fourth-order valence-electron chi connectivity index (χ4n) is 1.63. The quantitative estimate of drug-likeness (QED) is 0.882. The molecule has 5 heteroatoms. The normalized spacial score (nSPS) is 12.9. The third-order valence-electron chi connectivity index (χ3n) is 2.44. The summed E-state index contributed by atoms with van der Waals surface area (Å²) in [7, 11) is 0. The molecule has 0 aliphatic carbocycles. The minimum Gasteiger partial charge on any atom is -0.333 e. The van der Waals surface area contributed by atoms with Gasteiger partial charge in [0.1, 0.15) is 0 Å². The second-order valence-corrected chi connectivity index (χ2v) is 4.88. The number of aromatic nitrogens is 3. The van der Waals surface area contributed by atoms with E-state index in [0.717, 1.165) is 24.4 Å². The largest absolute Gasteiger partial charge is 0.333 e. The molecule has 2 aromatic heterocycles.